The standard InChI is InChI=1S/C15H15NO5S2/c1-11-3-7-13(8-4-11)22(18,19)15(16-17)23(20,21)14-9-5-12(2)6-10-14/h3-10,17H,1-2H3. The first-order valence-corrected chi connectivity index (χ1v) is 9.52. The lowest BCUT2D eigenvalue weighted by atomic mass is 10.2. The van der Waals surface area contributed by atoms with Crippen LogP contribution in [0.4, 0.5) is 0 Å². The molecule has 0 spiro atoms. The fourth-order valence-electron chi connectivity index (χ4n) is 1.89. The third kappa shape index (κ3) is 3.27. The molecule has 6 nitrogen and oxygen atoms in total. The molecule has 0 aliphatic carbocycles. The summed E-state index contributed by atoms with van der Waals surface area (Å²) in [5, 5.41) is 11.6. The highest BCUT2D eigenvalue weighted by Gasteiger charge is 2.36. The molecule has 0 unspecified atom stereocenters. The maximum Gasteiger partial charge on any atom is 0.294 e. The van der Waals surface area contributed by atoms with Crippen LogP contribution in [0.2, 0.25) is 0 Å². The quantitative estimate of drug-likeness (QED) is 0.386. The van der Waals surface area contributed by atoms with Gasteiger partial charge in [0.05, 0.1) is 9.79 Å². The lowest BCUT2D eigenvalue weighted by molar-refractivity contribution is 0.321. The number of benzene rings is 2. The summed E-state index contributed by atoms with van der Waals surface area (Å²) >= 11 is 0. The zero-order chi connectivity index (χ0) is 17.3. The van der Waals surface area contributed by atoms with Gasteiger partial charge in [0.25, 0.3) is 4.38 Å². The molecule has 0 saturated heterocycles. The number of aryl methyl sites for hydroxylation is 2. The Labute approximate surface area is 134 Å². The van der Waals surface area contributed by atoms with Gasteiger partial charge in [-0.1, -0.05) is 40.5 Å². The Bertz CT molecular complexity index is 864. The summed E-state index contributed by atoms with van der Waals surface area (Å²) < 4.78 is 48.7. The Morgan fingerprint density at radius 1 is 0.739 bits per heavy atom. The monoisotopic (exact) mass is 353 g/mol. The number of sulfone groups is 2. The fourth-order valence-corrected chi connectivity index (χ4v) is 5.23. The molecular formula is C15H15NO5S2. The molecule has 23 heavy (non-hydrogen) atoms. The molecular weight excluding hydrogens is 338 g/mol. The van der Waals surface area contributed by atoms with Crippen molar-refractivity contribution in [3.05, 3.63) is 59.7 Å². The molecule has 0 saturated carbocycles. The maximum absolute atomic E-state index is 12.5. The zero-order valence-corrected chi connectivity index (χ0v) is 14.1. The second-order valence-corrected chi connectivity index (χ2v) is 8.99. The highest BCUT2D eigenvalue weighted by molar-refractivity contribution is 8.31. The van der Waals surface area contributed by atoms with Crippen LogP contribution in [0.1, 0.15) is 11.1 Å². The van der Waals surface area contributed by atoms with Crippen molar-refractivity contribution in [2.24, 2.45) is 5.16 Å². The summed E-state index contributed by atoms with van der Waals surface area (Å²) in [5.74, 6) is 0. The van der Waals surface area contributed by atoms with Crippen LogP contribution in [-0.2, 0) is 19.7 Å². The van der Waals surface area contributed by atoms with Crippen LogP contribution in [0.15, 0.2) is 63.5 Å². The van der Waals surface area contributed by atoms with Gasteiger partial charge in [-0.15, -0.1) is 0 Å². The fraction of sp³-hybridized carbons (Fsp3) is 0.133. The van der Waals surface area contributed by atoms with Crippen molar-refractivity contribution in [2.45, 2.75) is 23.6 Å². The Hall–Kier alpha value is -2.19. The van der Waals surface area contributed by atoms with Gasteiger partial charge in [-0.05, 0) is 38.1 Å². The smallest absolute Gasteiger partial charge is 0.294 e. The highest BCUT2D eigenvalue weighted by Crippen LogP contribution is 2.22. The average molecular weight is 353 g/mol. The first kappa shape index (κ1) is 17.2. The second-order valence-electron chi connectivity index (χ2n) is 5.00. The molecule has 0 atom stereocenters. The summed E-state index contributed by atoms with van der Waals surface area (Å²) in [6.45, 7) is 3.53. The first-order chi connectivity index (χ1) is 10.7. The van der Waals surface area contributed by atoms with Crippen molar-refractivity contribution >= 4 is 24.1 Å². The maximum atomic E-state index is 12.5. The molecule has 0 radical (unpaired) electrons. The molecule has 0 aliphatic heterocycles. The summed E-state index contributed by atoms with van der Waals surface area (Å²) in [7, 11) is -8.94. The van der Waals surface area contributed by atoms with Gasteiger partial charge in [0.15, 0.2) is 0 Å². The predicted molar refractivity (Wildman–Crippen MR) is 86.0 cm³/mol. The van der Waals surface area contributed by atoms with E-state index in [1.807, 2.05) is 0 Å². The Kier molecular flexibility index (Phi) is 4.58. The minimum absolute atomic E-state index is 0.258. The van der Waals surface area contributed by atoms with E-state index in [0.29, 0.717) is 0 Å². The van der Waals surface area contributed by atoms with Crippen molar-refractivity contribution < 1.29 is 22.0 Å². The predicted octanol–water partition coefficient (Wildman–Crippen LogP) is 2.30. The SMILES string of the molecule is Cc1ccc(S(=O)(=O)C(=NO)S(=O)(=O)c2ccc(C)cc2)cc1. The van der Waals surface area contributed by atoms with Gasteiger partial charge in [0.2, 0.25) is 19.7 Å². The van der Waals surface area contributed by atoms with Crippen LogP contribution in [0.3, 0.4) is 0 Å². The minimum Gasteiger partial charge on any atom is -0.409 e. The Morgan fingerprint density at radius 3 is 1.30 bits per heavy atom. The van der Waals surface area contributed by atoms with E-state index in [0.717, 1.165) is 11.1 Å². The number of oxime groups is 1. The first-order valence-electron chi connectivity index (χ1n) is 6.55. The largest absolute Gasteiger partial charge is 0.409 e. The van der Waals surface area contributed by atoms with E-state index < -0.39 is 24.1 Å². The average Bonchev–Trinajstić information content (AvgIpc) is 2.48. The number of rotatable bonds is 2. The topological polar surface area (TPSA) is 101 Å². The molecule has 0 fully saturated rings. The van der Waals surface area contributed by atoms with Crippen LogP contribution >= 0.6 is 0 Å². The van der Waals surface area contributed by atoms with E-state index in [2.05, 4.69) is 5.16 Å². The van der Waals surface area contributed by atoms with Crippen LogP contribution in [-0.4, -0.2) is 26.4 Å². The van der Waals surface area contributed by atoms with Crippen LogP contribution in [0, 0.1) is 13.8 Å². The third-order valence-corrected chi connectivity index (χ3v) is 7.39. The normalized spacial score (nSPS) is 11.9. The lowest BCUT2D eigenvalue weighted by Gasteiger charge is -2.08. The van der Waals surface area contributed by atoms with Crippen LogP contribution < -0.4 is 0 Å². The number of hydrogen-bond donors (Lipinski definition) is 1. The van der Waals surface area contributed by atoms with E-state index in [1.54, 1.807) is 13.8 Å². The van der Waals surface area contributed by atoms with E-state index in [1.165, 1.54) is 48.5 Å². The van der Waals surface area contributed by atoms with Crippen molar-refractivity contribution in [3.63, 3.8) is 0 Å². The van der Waals surface area contributed by atoms with E-state index in [-0.39, 0.29) is 9.79 Å². The molecule has 122 valence electrons. The summed E-state index contributed by atoms with van der Waals surface area (Å²) in [6.07, 6.45) is 0. The summed E-state index contributed by atoms with van der Waals surface area (Å²) in [5.41, 5.74) is 1.63. The number of hydrogen-bond acceptors (Lipinski definition) is 6. The van der Waals surface area contributed by atoms with Crippen molar-refractivity contribution in [1.29, 1.82) is 0 Å². The molecule has 0 aliphatic rings. The molecule has 0 amide bonds. The van der Waals surface area contributed by atoms with Crippen LogP contribution in [0.5, 0.6) is 0 Å². The van der Waals surface area contributed by atoms with Crippen molar-refractivity contribution in [3.8, 4) is 0 Å². The molecule has 0 heterocycles. The third-order valence-electron chi connectivity index (χ3n) is 3.20. The van der Waals surface area contributed by atoms with E-state index in [9.17, 15) is 16.8 Å². The highest BCUT2D eigenvalue weighted by atomic mass is 32.3. The van der Waals surface area contributed by atoms with E-state index in [4.69, 9.17) is 5.21 Å². The summed E-state index contributed by atoms with van der Waals surface area (Å²) in [4.78, 5) is -0.516. The molecule has 2 aromatic rings. The molecule has 1 N–H and O–H groups in total. The van der Waals surface area contributed by atoms with Crippen molar-refractivity contribution in [1.82, 2.24) is 0 Å². The lowest BCUT2D eigenvalue weighted by Crippen LogP contribution is -2.25. The van der Waals surface area contributed by atoms with Gasteiger partial charge in [0.1, 0.15) is 0 Å². The summed E-state index contributed by atoms with van der Waals surface area (Å²) in [6, 6.07) is 11.2. The van der Waals surface area contributed by atoms with Gasteiger partial charge < -0.3 is 5.21 Å². The van der Waals surface area contributed by atoms with Gasteiger partial charge in [-0.25, -0.2) is 16.8 Å². The minimum atomic E-state index is -4.47. The molecule has 0 aromatic heterocycles. The molecule has 0 bridgehead atoms. The Balaban J connectivity index is 2.59. The zero-order valence-electron chi connectivity index (χ0n) is 12.5. The molecule has 2 aromatic carbocycles. The van der Waals surface area contributed by atoms with E-state index >= 15 is 0 Å². The van der Waals surface area contributed by atoms with Gasteiger partial charge in [-0.2, -0.15) is 0 Å². The number of nitrogens with zero attached hydrogens (tertiary/aromatic N) is 1. The molecule has 2 rings (SSSR count). The molecule has 8 heteroatoms. The van der Waals surface area contributed by atoms with Gasteiger partial charge in [-0.3, -0.25) is 0 Å². The van der Waals surface area contributed by atoms with Gasteiger partial charge in [0, 0.05) is 0 Å². The van der Waals surface area contributed by atoms with Gasteiger partial charge >= 0.3 is 0 Å². The Morgan fingerprint density at radius 2 is 1.04 bits per heavy atom. The second kappa shape index (κ2) is 6.13. The van der Waals surface area contributed by atoms with Crippen LogP contribution in [0.25, 0.3) is 0 Å². The van der Waals surface area contributed by atoms with Crippen molar-refractivity contribution in [2.75, 3.05) is 0 Å².